The quantitative estimate of drug-likeness (QED) is 0.783. The highest BCUT2D eigenvalue weighted by Crippen LogP contribution is 2.35. The molecule has 4 rings (SSSR count). The minimum atomic E-state index is -4.77. The number of hydrogen-bond donors (Lipinski definition) is 1. The Kier molecular flexibility index (Phi) is 5.51. The summed E-state index contributed by atoms with van der Waals surface area (Å²) in [5.41, 5.74) is 2.42. The third-order valence-electron chi connectivity index (χ3n) is 5.72. The fourth-order valence-corrected chi connectivity index (χ4v) is 4.11. The highest BCUT2D eigenvalue weighted by molar-refractivity contribution is 5.99. The summed E-state index contributed by atoms with van der Waals surface area (Å²) in [4.78, 5) is 28.8. The number of hydrogen-bond acceptors (Lipinski definition) is 3. The lowest BCUT2D eigenvalue weighted by atomic mass is 10.0. The van der Waals surface area contributed by atoms with Crippen LogP contribution in [0, 0.1) is 11.8 Å². The molecule has 0 saturated carbocycles. The summed E-state index contributed by atoms with van der Waals surface area (Å²) >= 11 is 0. The predicted octanol–water partition coefficient (Wildman–Crippen LogP) is 4.27. The van der Waals surface area contributed by atoms with Crippen LogP contribution in [0.5, 0.6) is 5.75 Å². The van der Waals surface area contributed by atoms with E-state index < -0.39 is 6.36 Å². The second-order valence-electron chi connectivity index (χ2n) is 7.74. The first kappa shape index (κ1) is 21.0. The van der Waals surface area contributed by atoms with Crippen molar-refractivity contribution in [2.24, 2.45) is 11.8 Å². The minimum absolute atomic E-state index is 0.0122. The molecule has 1 N–H and O–H groups in total. The van der Waals surface area contributed by atoms with E-state index in [0.29, 0.717) is 25.3 Å². The van der Waals surface area contributed by atoms with Crippen LogP contribution in [-0.2, 0) is 11.2 Å². The largest absolute Gasteiger partial charge is 0.573 e. The first-order chi connectivity index (χ1) is 14.7. The van der Waals surface area contributed by atoms with Gasteiger partial charge in [-0.05, 0) is 48.4 Å². The minimum Gasteiger partial charge on any atom is -0.406 e. The molecule has 9 heteroatoms. The van der Waals surface area contributed by atoms with Crippen molar-refractivity contribution in [1.29, 1.82) is 0 Å². The molecule has 3 amide bonds. The second-order valence-corrected chi connectivity index (χ2v) is 7.74. The van der Waals surface area contributed by atoms with Gasteiger partial charge < -0.3 is 19.9 Å². The lowest BCUT2D eigenvalue weighted by molar-refractivity contribution is -0.274. The third kappa shape index (κ3) is 4.60. The molecule has 0 spiro atoms. The summed E-state index contributed by atoms with van der Waals surface area (Å²) in [6.45, 7) is 3.39. The van der Waals surface area contributed by atoms with Crippen molar-refractivity contribution in [3.05, 3.63) is 54.1 Å². The summed E-state index contributed by atoms with van der Waals surface area (Å²) in [7, 11) is 0. The van der Waals surface area contributed by atoms with Crippen LogP contribution in [0.1, 0.15) is 12.5 Å². The fourth-order valence-electron chi connectivity index (χ4n) is 4.11. The van der Waals surface area contributed by atoms with Gasteiger partial charge >= 0.3 is 12.4 Å². The topological polar surface area (TPSA) is 61.9 Å². The van der Waals surface area contributed by atoms with E-state index in [1.165, 1.54) is 17.7 Å². The zero-order valence-electron chi connectivity index (χ0n) is 16.9. The molecule has 6 nitrogen and oxygen atoms in total. The summed E-state index contributed by atoms with van der Waals surface area (Å²) < 4.78 is 40.5. The standard InChI is InChI=1S/C22H22F3N3O3/c1-2-14-3-7-17(8-4-14)28-12-15-11-27(13-19(15)20(28)29)21(30)26-16-5-9-18(10-6-16)31-22(23,24)25/h3-10,15,19H,2,11-13H2,1H3,(H,26,30)/t15-,19+/m1/s1. The maximum Gasteiger partial charge on any atom is 0.573 e. The molecule has 2 heterocycles. The van der Waals surface area contributed by atoms with Crippen molar-refractivity contribution in [2.75, 3.05) is 29.9 Å². The summed E-state index contributed by atoms with van der Waals surface area (Å²) in [5, 5.41) is 2.66. The average molecular weight is 433 g/mol. The summed E-state index contributed by atoms with van der Waals surface area (Å²) in [5.74, 6) is -0.553. The number of fused-ring (bicyclic) bond motifs is 1. The number of carbonyl (C=O) groups excluding carboxylic acids is 2. The molecule has 0 radical (unpaired) electrons. The van der Waals surface area contributed by atoms with Crippen molar-refractivity contribution in [3.63, 3.8) is 0 Å². The van der Waals surface area contributed by atoms with E-state index in [-0.39, 0.29) is 29.5 Å². The lowest BCUT2D eigenvalue weighted by Gasteiger charge is -2.22. The molecule has 2 fully saturated rings. The van der Waals surface area contributed by atoms with Gasteiger partial charge in [0.25, 0.3) is 0 Å². The Hall–Kier alpha value is -3.23. The molecular formula is C22H22F3N3O3. The molecule has 0 unspecified atom stereocenters. The van der Waals surface area contributed by atoms with Crippen LogP contribution in [0.3, 0.4) is 0 Å². The molecule has 2 aromatic carbocycles. The third-order valence-corrected chi connectivity index (χ3v) is 5.72. The highest BCUT2D eigenvalue weighted by Gasteiger charge is 2.47. The molecule has 2 aliphatic heterocycles. The van der Waals surface area contributed by atoms with Gasteiger partial charge in [0, 0.05) is 36.9 Å². The number of alkyl halides is 3. The van der Waals surface area contributed by atoms with Gasteiger partial charge in [-0.15, -0.1) is 13.2 Å². The van der Waals surface area contributed by atoms with Crippen LogP contribution in [0.4, 0.5) is 29.3 Å². The van der Waals surface area contributed by atoms with Crippen molar-refractivity contribution >= 4 is 23.3 Å². The number of amides is 3. The summed E-state index contributed by atoms with van der Waals surface area (Å²) in [6, 6.07) is 12.5. The number of aryl methyl sites for hydroxylation is 1. The van der Waals surface area contributed by atoms with Crippen LogP contribution >= 0.6 is 0 Å². The first-order valence-corrected chi connectivity index (χ1v) is 10.1. The van der Waals surface area contributed by atoms with E-state index in [1.807, 2.05) is 24.3 Å². The zero-order valence-corrected chi connectivity index (χ0v) is 16.9. The second kappa shape index (κ2) is 8.13. The molecule has 0 aromatic heterocycles. The molecule has 31 heavy (non-hydrogen) atoms. The van der Waals surface area contributed by atoms with Gasteiger partial charge in [-0.3, -0.25) is 4.79 Å². The maximum absolute atomic E-state index is 12.9. The average Bonchev–Trinajstić information content (AvgIpc) is 3.28. The Morgan fingerprint density at radius 2 is 1.74 bits per heavy atom. The van der Waals surface area contributed by atoms with Crippen LogP contribution in [0.2, 0.25) is 0 Å². The Balaban J connectivity index is 1.34. The lowest BCUT2D eigenvalue weighted by Crippen LogP contribution is -2.37. The van der Waals surface area contributed by atoms with Crippen LogP contribution in [-0.4, -0.2) is 42.8 Å². The molecular weight excluding hydrogens is 411 g/mol. The van der Waals surface area contributed by atoms with Gasteiger partial charge in [0.15, 0.2) is 0 Å². The van der Waals surface area contributed by atoms with Crippen molar-refractivity contribution in [3.8, 4) is 5.75 Å². The maximum atomic E-state index is 12.9. The van der Waals surface area contributed by atoms with E-state index >= 15 is 0 Å². The number of likely N-dealkylation sites (tertiary alicyclic amines) is 1. The van der Waals surface area contributed by atoms with Gasteiger partial charge in [0.2, 0.25) is 5.91 Å². The number of halogens is 3. The number of nitrogens with one attached hydrogen (secondary N) is 1. The first-order valence-electron chi connectivity index (χ1n) is 10.1. The van der Waals surface area contributed by atoms with Gasteiger partial charge in [0.1, 0.15) is 5.75 Å². The van der Waals surface area contributed by atoms with Crippen molar-refractivity contribution in [2.45, 2.75) is 19.7 Å². The number of benzene rings is 2. The predicted molar refractivity (Wildman–Crippen MR) is 109 cm³/mol. The van der Waals surface area contributed by atoms with E-state index in [4.69, 9.17) is 0 Å². The van der Waals surface area contributed by atoms with E-state index in [9.17, 15) is 22.8 Å². The monoisotopic (exact) mass is 433 g/mol. The Labute approximate surface area is 177 Å². The van der Waals surface area contributed by atoms with Crippen molar-refractivity contribution in [1.82, 2.24) is 4.90 Å². The molecule has 0 bridgehead atoms. The van der Waals surface area contributed by atoms with Gasteiger partial charge in [0.05, 0.1) is 5.92 Å². The van der Waals surface area contributed by atoms with Gasteiger partial charge in [-0.2, -0.15) is 0 Å². The fraction of sp³-hybridized carbons (Fsp3) is 0.364. The van der Waals surface area contributed by atoms with Crippen molar-refractivity contribution < 1.29 is 27.5 Å². The van der Waals surface area contributed by atoms with Gasteiger partial charge in [-0.1, -0.05) is 19.1 Å². The van der Waals surface area contributed by atoms with Gasteiger partial charge in [-0.25, -0.2) is 4.79 Å². The normalized spacial score (nSPS) is 20.7. The highest BCUT2D eigenvalue weighted by atomic mass is 19.4. The number of nitrogens with zero attached hydrogens (tertiary/aromatic N) is 2. The molecule has 164 valence electrons. The molecule has 2 saturated heterocycles. The molecule has 2 aliphatic rings. The van der Waals surface area contributed by atoms with Crippen LogP contribution in [0.25, 0.3) is 0 Å². The van der Waals surface area contributed by atoms with Crippen LogP contribution < -0.4 is 15.0 Å². The number of ether oxygens (including phenoxy) is 1. The number of rotatable bonds is 4. The number of urea groups is 1. The van der Waals surface area contributed by atoms with E-state index in [2.05, 4.69) is 17.0 Å². The molecule has 2 atom stereocenters. The zero-order chi connectivity index (χ0) is 22.2. The SMILES string of the molecule is CCc1ccc(N2C[C@H]3CN(C(=O)Nc4ccc(OC(F)(F)F)cc4)C[C@@H]3C2=O)cc1. The molecule has 0 aliphatic carbocycles. The Bertz CT molecular complexity index is 961. The van der Waals surface area contributed by atoms with Crippen LogP contribution in [0.15, 0.2) is 48.5 Å². The van der Waals surface area contributed by atoms with E-state index in [0.717, 1.165) is 24.2 Å². The smallest absolute Gasteiger partial charge is 0.406 e. The molecule has 2 aromatic rings. The Morgan fingerprint density at radius 1 is 1.06 bits per heavy atom. The summed E-state index contributed by atoms with van der Waals surface area (Å²) in [6.07, 6.45) is -3.84. The number of anilines is 2. The number of carbonyl (C=O) groups is 2. The Morgan fingerprint density at radius 3 is 2.32 bits per heavy atom. The van der Waals surface area contributed by atoms with E-state index in [1.54, 1.807) is 9.80 Å².